The van der Waals surface area contributed by atoms with Gasteiger partial charge in [0.1, 0.15) is 18.4 Å². The molecule has 0 saturated carbocycles. The maximum Gasteiger partial charge on any atom is 0.323 e. The molecule has 122 valence electrons. The van der Waals surface area contributed by atoms with Crippen molar-refractivity contribution in [3.05, 3.63) is 30.3 Å². The Labute approximate surface area is 130 Å². The van der Waals surface area contributed by atoms with Crippen LogP contribution >= 0.6 is 0 Å². The minimum atomic E-state index is -1.01. The van der Waals surface area contributed by atoms with E-state index in [1.54, 1.807) is 6.92 Å². The fourth-order valence-corrected chi connectivity index (χ4v) is 2.25. The minimum Gasteiger partial charge on any atom is -0.488 e. The molecule has 1 aliphatic heterocycles. The number of carbonyl (C=O) groups excluding carboxylic acids is 1. The maximum absolute atomic E-state index is 11.7. The van der Waals surface area contributed by atoms with Crippen molar-refractivity contribution in [3.63, 3.8) is 0 Å². The van der Waals surface area contributed by atoms with E-state index in [0.717, 1.165) is 6.42 Å². The number of hydrogen-bond donors (Lipinski definition) is 1. The zero-order chi connectivity index (χ0) is 15.8. The summed E-state index contributed by atoms with van der Waals surface area (Å²) in [6.07, 6.45) is 1.00. The van der Waals surface area contributed by atoms with Crippen LogP contribution in [0.3, 0.4) is 0 Å². The van der Waals surface area contributed by atoms with Crippen LogP contribution in [0.4, 0.5) is 0 Å². The second-order valence-electron chi connectivity index (χ2n) is 5.13. The van der Waals surface area contributed by atoms with Crippen LogP contribution in [0.1, 0.15) is 19.8 Å². The normalized spacial score (nSPS) is 18.5. The third kappa shape index (κ3) is 4.69. The van der Waals surface area contributed by atoms with Crippen molar-refractivity contribution in [1.82, 2.24) is 0 Å². The van der Waals surface area contributed by atoms with Gasteiger partial charge in [0.05, 0.1) is 19.8 Å². The predicted octanol–water partition coefficient (Wildman–Crippen LogP) is 1.48. The first-order valence-electron chi connectivity index (χ1n) is 7.53. The van der Waals surface area contributed by atoms with E-state index in [2.05, 4.69) is 0 Å². The summed E-state index contributed by atoms with van der Waals surface area (Å²) >= 11 is 0. The number of hydrogen-bond acceptors (Lipinski definition) is 6. The monoisotopic (exact) mass is 309 g/mol. The van der Waals surface area contributed by atoms with Crippen molar-refractivity contribution in [3.8, 4) is 5.75 Å². The molecule has 0 aromatic heterocycles. The summed E-state index contributed by atoms with van der Waals surface area (Å²) in [4.78, 5) is 11.7. The number of carbonyl (C=O) groups is 1. The standard InChI is InChI=1S/C16H23NO5/c1-2-19-15(18)14(17)11-16(21-9-6-10-22-16)12-20-13-7-4-3-5-8-13/h3-5,7-8,14H,2,6,9-12,17H2,1H3. The zero-order valence-electron chi connectivity index (χ0n) is 12.8. The van der Waals surface area contributed by atoms with E-state index < -0.39 is 17.8 Å². The lowest BCUT2D eigenvalue weighted by Crippen LogP contribution is -2.51. The first-order valence-corrected chi connectivity index (χ1v) is 7.53. The van der Waals surface area contributed by atoms with Crippen LogP contribution in [0.5, 0.6) is 5.75 Å². The minimum absolute atomic E-state index is 0.171. The van der Waals surface area contributed by atoms with Crippen LogP contribution in [-0.2, 0) is 19.0 Å². The second kappa shape index (κ2) is 8.12. The smallest absolute Gasteiger partial charge is 0.323 e. The molecular weight excluding hydrogens is 286 g/mol. The zero-order valence-corrected chi connectivity index (χ0v) is 12.8. The molecule has 0 radical (unpaired) electrons. The highest BCUT2D eigenvalue weighted by Gasteiger charge is 2.39. The highest BCUT2D eigenvalue weighted by atomic mass is 16.7. The largest absolute Gasteiger partial charge is 0.488 e. The maximum atomic E-state index is 11.7. The molecule has 1 heterocycles. The van der Waals surface area contributed by atoms with Gasteiger partial charge >= 0.3 is 5.97 Å². The Hall–Kier alpha value is -1.63. The molecule has 0 bridgehead atoms. The highest BCUT2D eigenvalue weighted by Crippen LogP contribution is 2.26. The Balaban J connectivity index is 1.99. The molecule has 1 aromatic rings. The molecule has 1 aromatic carbocycles. The van der Waals surface area contributed by atoms with E-state index >= 15 is 0 Å². The van der Waals surface area contributed by atoms with Gasteiger partial charge in [-0.15, -0.1) is 0 Å². The van der Waals surface area contributed by atoms with Gasteiger partial charge < -0.3 is 24.7 Å². The Morgan fingerprint density at radius 2 is 2.00 bits per heavy atom. The van der Waals surface area contributed by atoms with Crippen LogP contribution in [0, 0.1) is 0 Å². The number of esters is 1. The number of rotatable bonds is 7. The van der Waals surface area contributed by atoms with E-state index in [9.17, 15) is 4.79 Å². The third-order valence-electron chi connectivity index (χ3n) is 3.34. The molecule has 0 amide bonds. The van der Waals surface area contributed by atoms with Gasteiger partial charge in [-0.1, -0.05) is 18.2 Å². The first-order chi connectivity index (χ1) is 10.7. The van der Waals surface area contributed by atoms with Crippen LogP contribution in [0.25, 0.3) is 0 Å². The third-order valence-corrected chi connectivity index (χ3v) is 3.34. The van der Waals surface area contributed by atoms with Gasteiger partial charge in [-0.25, -0.2) is 0 Å². The first kappa shape index (κ1) is 16.7. The summed E-state index contributed by atoms with van der Waals surface area (Å²) in [7, 11) is 0. The van der Waals surface area contributed by atoms with Crippen LogP contribution in [-0.4, -0.2) is 44.2 Å². The van der Waals surface area contributed by atoms with Crippen LogP contribution in [0.2, 0.25) is 0 Å². The molecule has 1 aliphatic rings. The number of benzene rings is 1. The molecule has 2 N–H and O–H groups in total. The fraction of sp³-hybridized carbons (Fsp3) is 0.562. The van der Waals surface area contributed by atoms with Gasteiger partial charge in [-0.2, -0.15) is 0 Å². The lowest BCUT2D eigenvalue weighted by atomic mass is 10.1. The molecule has 6 heteroatoms. The number of ether oxygens (including phenoxy) is 4. The Morgan fingerprint density at radius 1 is 1.32 bits per heavy atom. The van der Waals surface area contributed by atoms with Crippen molar-refractivity contribution in [1.29, 1.82) is 0 Å². The molecule has 0 aliphatic carbocycles. The summed E-state index contributed by atoms with van der Waals surface area (Å²) in [6, 6.07) is 8.57. The molecular formula is C16H23NO5. The summed E-state index contributed by atoms with van der Waals surface area (Å²) in [5.74, 6) is -0.760. The molecule has 1 atom stereocenters. The Kier molecular flexibility index (Phi) is 6.18. The SMILES string of the molecule is CCOC(=O)C(N)CC1(COc2ccccc2)OCCCO1. The topological polar surface area (TPSA) is 80.0 Å². The van der Waals surface area contributed by atoms with Crippen LogP contribution < -0.4 is 10.5 Å². The molecule has 0 spiro atoms. The van der Waals surface area contributed by atoms with Crippen molar-refractivity contribution in [2.24, 2.45) is 5.73 Å². The van der Waals surface area contributed by atoms with Crippen molar-refractivity contribution >= 4 is 5.97 Å². The molecule has 2 rings (SSSR count). The fourth-order valence-electron chi connectivity index (χ4n) is 2.25. The Bertz CT molecular complexity index is 459. The Morgan fingerprint density at radius 3 is 2.64 bits per heavy atom. The van der Waals surface area contributed by atoms with E-state index in [-0.39, 0.29) is 13.0 Å². The summed E-state index contributed by atoms with van der Waals surface area (Å²) < 4.78 is 22.2. The van der Waals surface area contributed by atoms with Crippen molar-refractivity contribution in [2.75, 3.05) is 26.4 Å². The quantitative estimate of drug-likeness (QED) is 0.769. The summed E-state index contributed by atoms with van der Waals surface area (Å²) in [6.45, 7) is 3.31. The van der Waals surface area contributed by atoms with E-state index in [1.165, 1.54) is 0 Å². The molecule has 22 heavy (non-hydrogen) atoms. The van der Waals surface area contributed by atoms with E-state index in [4.69, 9.17) is 24.7 Å². The van der Waals surface area contributed by atoms with E-state index in [0.29, 0.717) is 25.6 Å². The van der Waals surface area contributed by atoms with Gasteiger partial charge in [-0.3, -0.25) is 4.79 Å². The molecule has 1 unspecified atom stereocenters. The average Bonchev–Trinajstić information content (AvgIpc) is 2.55. The van der Waals surface area contributed by atoms with Crippen molar-refractivity contribution in [2.45, 2.75) is 31.6 Å². The molecule has 6 nitrogen and oxygen atoms in total. The van der Waals surface area contributed by atoms with Crippen LogP contribution in [0.15, 0.2) is 30.3 Å². The predicted molar refractivity (Wildman–Crippen MR) is 80.4 cm³/mol. The molecule has 1 saturated heterocycles. The lowest BCUT2D eigenvalue weighted by Gasteiger charge is -2.37. The van der Waals surface area contributed by atoms with Gasteiger partial charge in [0.25, 0.3) is 0 Å². The lowest BCUT2D eigenvalue weighted by molar-refractivity contribution is -0.283. The number of para-hydroxylation sites is 1. The second-order valence-corrected chi connectivity index (χ2v) is 5.13. The van der Waals surface area contributed by atoms with Crippen molar-refractivity contribution < 1.29 is 23.7 Å². The van der Waals surface area contributed by atoms with Gasteiger partial charge in [-0.05, 0) is 25.5 Å². The van der Waals surface area contributed by atoms with E-state index in [1.807, 2.05) is 30.3 Å². The summed E-state index contributed by atoms with van der Waals surface area (Å²) in [5, 5.41) is 0. The average molecular weight is 309 g/mol. The van der Waals surface area contributed by atoms with Gasteiger partial charge in [0.2, 0.25) is 5.79 Å². The summed E-state index contributed by atoms with van der Waals surface area (Å²) in [5.41, 5.74) is 5.90. The van der Waals surface area contributed by atoms with Gasteiger partial charge in [0.15, 0.2) is 0 Å². The highest BCUT2D eigenvalue weighted by molar-refractivity contribution is 5.75. The molecule has 1 fully saturated rings. The van der Waals surface area contributed by atoms with Gasteiger partial charge in [0, 0.05) is 6.42 Å². The number of nitrogens with two attached hydrogens (primary N) is 1.